The van der Waals surface area contributed by atoms with Gasteiger partial charge in [-0.15, -0.1) is 11.3 Å². The zero-order chi connectivity index (χ0) is 20.7. The lowest BCUT2D eigenvalue weighted by molar-refractivity contribution is 0.0315. The molecule has 2 aliphatic rings. The Bertz CT molecular complexity index is 1130. The van der Waals surface area contributed by atoms with Gasteiger partial charge in [-0.05, 0) is 23.6 Å². The van der Waals surface area contributed by atoms with Crippen molar-refractivity contribution in [1.82, 2.24) is 9.80 Å². The van der Waals surface area contributed by atoms with Crippen molar-refractivity contribution in [2.45, 2.75) is 6.04 Å². The molecule has 1 saturated heterocycles. The molecule has 0 N–H and O–H groups in total. The summed E-state index contributed by atoms with van der Waals surface area (Å²) in [6.07, 6.45) is 0. The summed E-state index contributed by atoms with van der Waals surface area (Å²) < 4.78 is 16.6. The standard InChI is InChI=1S/C22H22N2O5S/c1-27-14-4-5-15-16(13-14)29-21-18(20(15)25)19(17-3-2-12-30-17)24(22(21)26)7-6-23-8-10-28-11-9-23/h2-5,12-13,19H,6-11H2,1H3/t19-/m0/s1. The van der Waals surface area contributed by atoms with Gasteiger partial charge in [-0.25, -0.2) is 0 Å². The number of hydrogen-bond acceptors (Lipinski definition) is 7. The van der Waals surface area contributed by atoms with E-state index in [-0.39, 0.29) is 17.1 Å². The van der Waals surface area contributed by atoms with Gasteiger partial charge in [-0.1, -0.05) is 6.07 Å². The first kappa shape index (κ1) is 19.3. The Hall–Kier alpha value is -2.68. The van der Waals surface area contributed by atoms with Crippen LogP contribution in [-0.4, -0.2) is 62.2 Å². The smallest absolute Gasteiger partial charge is 0.290 e. The fourth-order valence-corrected chi connectivity index (χ4v) is 5.02. The number of ether oxygens (including phenoxy) is 2. The third kappa shape index (κ3) is 3.21. The van der Waals surface area contributed by atoms with E-state index in [9.17, 15) is 9.59 Å². The monoisotopic (exact) mass is 426 g/mol. The quantitative estimate of drug-likeness (QED) is 0.625. The van der Waals surface area contributed by atoms with Crippen LogP contribution in [0.15, 0.2) is 44.9 Å². The maximum absolute atomic E-state index is 13.4. The molecule has 7 nitrogen and oxygen atoms in total. The molecule has 2 aromatic heterocycles. The van der Waals surface area contributed by atoms with Crippen LogP contribution in [-0.2, 0) is 4.74 Å². The Morgan fingerprint density at radius 2 is 2.00 bits per heavy atom. The lowest BCUT2D eigenvalue weighted by Gasteiger charge is -2.30. The first-order valence-electron chi connectivity index (χ1n) is 9.96. The Kier molecular flexibility index (Phi) is 5.06. The van der Waals surface area contributed by atoms with E-state index in [0.717, 1.165) is 24.5 Å². The lowest BCUT2D eigenvalue weighted by atomic mass is 10.0. The molecule has 1 fully saturated rings. The molecule has 0 spiro atoms. The fraction of sp³-hybridized carbons (Fsp3) is 0.364. The van der Waals surface area contributed by atoms with Gasteiger partial charge in [-0.2, -0.15) is 0 Å². The summed E-state index contributed by atoms with van der Waals surface area (Å²) in [5.74, 6) is 0.481. The van der Waals surface area contributed by atoms with Crippen LogP contribution in [0.4, 0.5) is 0 Å². The minimum Gasteiger partial charge on any atom is -0.497 e. The molecule has 8 heteroatoms. The van der Waals surface area contributed by atoms with Crippen LogP contribution in [0.3, 0.4) is 0 Å². The molecular formula is C22H22N2O5S. The molecule has 0 aliphatic carbocycles. The lowest BCUT2D eigenvalue weighted by Crippen LogP contribution is -2.42. The number of carbonyl (C=O) groups is 1. The highest BCUT2D eigenvalue weighted by Crippen LogP contribution is 2.40. The zero-order valence-electron chi connectivity index (χ0n) is 16.6. The summed E-state index contributed by atoms with van der Waals surface area (Å²) in [5.41, 5.74) is 0.642. The Balaban J connectivity index is 1.58. The summed E-state index contributed by atoms with van der Waals surface area (Å²) >= 11 is 1.54. The molecule has 5 rings (SSSR count). The van der Waals surface area contributed by atoms with E-state index in [0.29, 0.717) is 42.0 Å². The van der Waals surface area contributed by atoms with Gasteiger partial charge in [0.15, 0.2) is 5.43 Å². The van der Waals surface area contributed by atoms with Crippen molar-refractivity contribution in [1.29, 1.82) is 0 Å². The summed E-state index contributed by atoms with van der Waals surface area (Å²) in [7, 11) is 1.55. The molecule has 3 aromatic rings. The Morgan fingerprint density at radius 1 is 1.17 bits per heavy atom. The Morgan fingerprint density at radius 3 is 2.73 bits per heavy atom. The number of hydrogen-bond donors (Lipinski definition) is 0. The number of carbonyl (C=O) groups excluding carboxylic acids is 1. The minimum absolute atomic E-state index is 0.140. The molecule has 4 heterocycles. The molecule has 0 bridgehead atoms. The zero-order valence-corrected chi connectivity index (χ0v) is 17.4. The van der Waals surface area contributed by atoms with E-state index >= 15 is 0 Å². The van der Waals surface area contributed by atoms with Crippen molar-refractivity contribution in [3.8, 4) is 5.75 Å². The summed E-state index contributed by atoms with van der Waals surface area (Å²) in [6, 6.07) is 8.58. The second kappa shape index (κ2) is 7.86. The number of rotatable bonds is 5. The number of thiophene rings is 1. The summed E-state index contributed by atoms with van der Waals surface area (Å²) in [5, 5.41) is 2.42. The number of morpholine rings is 1. The molecule has 0 radical (unpaired) electrons. The molecule has 156 valence electrons. The van der Waals surface area contributed by atoms with Crippen LogP contribution in [0, 0.1) is 0 Å². The van der Waals surface area contributed by atoms with Crippen LogP contribution in [0.5, 0.6) is 5.75 Å². The highest BCUT2D eigenvalue weighted by atomic mass is 32.1. The topological polar surface area (TPSA) is 72.2 Å². The molecule has 1 atom stereocenters. The van der Waals surface area contributed by atoms with Gasteiger partial charge in [0.2, 0.25) is 5.76 Å². The average Bonchev–Trinajstić information content (AvgIpc) is 3.40. The highest BCUT2D eigenvalue weighted by Gasteiger charge is 2.43. The van der Waals surface area contributed by atoms with Crippen LogP contribution in [0.2, 0.25) is 0 Å². The summed E-state index contributed by atoms with van der Waals surface area (Å²) in [4.78, 5) is 31.8. The maximum atomic E-state index is 13.4. The third-order valence-electron chi connectivity index (χ3n) is 5.75. The van der Waals surface area contributed by atoms with Crippen molar-refractivity contribution < 1.29 is 18.7 Å². The van der Waals surface area contributed by atoms with Gasteiger partial charge in [0.05, 0.1) is 37.3 Å². The minimum atomic E-state index is -0.420. The number of methoxy groups -OCH3 is 1. The third-order valence-corrected chi connectivity index (χ3v) is 6.67. The van der Waals surface area contributed by atoms with Crippen molar-refractivity contribution in [3.05, 3.63) is 62.1 Å². The normalized spacial score (nSPS) is 19.4. The SMILES string of the molecule is COc1ccc2c(=O)c3c(oc2c1)C(=O)N(CCN1CCOCC1)[C@H]3c1cccs1. The van der Waals surface area contributed by atoms with Gasteiger partial charge in [0.25, 0.3) is 5.91 Å². The van der Waals surface area contributed by atoms with E-state index in [4.69, 9.17) is 13.9 Å². The van der Waals surface area contributed by atoms with E-state index < -0.39 is 6.04 Å². The molecular weight excluding hydrogens is 404 g/mol. The maximum Gasteiger partial charge on any atom is 0.290 e. The van der Waals surface area contributed by atoms with Gasteiger partial charge in [-0.3, -0.25) is 14.5 Å². The molecule has 30 heavy (non-hydrogen) atoms. The van der Waals surface area contributed by atoms with Crippen LogP contribution >= 0.6 is 11.3 Å². The van der Waals surface area contributed by atoms with E-state index in [1.807, 2.05) is 17.5 Å². The van der Waals surface area contributed by atoms with Crippen LogP contribution in [0.25, 0.3) is 11.0 Å². The van der Waals surface area contributed by atoms with Crippen molar-refractivity contribution in [2.24, 2.45) is 0 Å². The predicted molar refractivity (Wildman–Crippen MR) is 113 cm³/mol. The second-order valence-corrected chi connectivity index (χ2v) is 8.39. The number of benzene rings is 1. The first-order valence-corrected chi connectivity index (χ1v) is 10.8. The fourth-order valence-electron chi connectivity index (χ4n) is 4.17. The molecule has 1 amide bonds. The van der Waals surface area contributed by atoms with Crippen molar-refractivity contribution in [2.75, 3.05) is 46.5 Å². The largest absolute Gasteiger partial charge is 0.497 e. The molecule has 2 aliphatic heterocycles. The van der Waals surface area contributed by atoms with Gasteiger partial charge in [0.1, 0.15) is 11.3 Å². The first-order chi connectivity index (χ1) is 14.7. The second-order valence-electron chi connectivity index (χ2n) is 7.41. The molecule has 1 aromatic carbocycles. The summed E-state index contributed by atoms with van der Waals surface area (Å²) in [6.45, 7) is 4.35. The predicted octanol–water partition coefficient (Wildman–Crippen LogP) is 2.74. The highest BCUT2D eigenvalue weighted by molar-refractivity contribution is 7.10. The van der Waals surface area contributed by atoms with E-state index in [1.54, 1.807) is 41.5 Å². The Labute approximate surface area is 177 Å². The van der Waals surface area contributed by atoms with Gasteiger partial charge in [0, 0.05) is 37.1 Å². The van der Waals surface area contributed by atoms with E-state index in [1.165, 1.54) is 0 Å². The van der Waals surface area contributed by atoms with Crippen molar-refractivity contribution >= 4 is 28.2 Å². The molecule has 0 unspecified atom stereocenters. The van der Waals surface area contributed by atoms with E-state index in [2.05, 4.69) is 4.90 Å². The van der Waals surface area contributed by atoms with Gasteiger partial charge >= 0.3 is 0 Å². The number of nitrogens with zero attached hydrogens (tertiary/aromatic N) is 2. The number of fused-ring (bicyclic) bond motifs is 2. The van der Waals surface area contributed by atoms with Gasteiger partial charge < -0.3 is 18.8 Å². The van der Waals surface area contributed by atoms with Crippen LogP contribution in [0.1, 0.15) is 27.0 Å². The van der Waals surface area contributed by atoms with Crippen LogP contribution < -0.4 is 10.2 Å². The number of amides is 1. The molecule has 0 saturated carbocycles. The van der Waals surface area contributed by atoms with Crippen molar-refractivity contribution in [3.63, 3.8) is 0 Å². The average molecular weight is 426 g/mol.